The van der Waals surface area contributed by atoms with Gasteiger partial charge in [0.2, 0.25) is 17.7 Å². The molecule has 3 rings (SSSR count). The lowest BCUT2D eigenvalue weighted by Crippen LogP contribution is -2.58. The maximum absolute atomic E-state index is 13.8. The van der Waals surface area contributed by atoms with Crippen molar-refractivity contribution in [1.82, 2.24) is 25.8 Å². The second-order valence-electron chi connectivity index (χ2n) is 14.2. The largest absolute Gasteiger partial charge is 0.444 e. The summed E-state index contributed by atoms with van der Waals surface area (Å²) < 4.78 is 21.4. The maximum Gasteiger partial charge on any atom is 0.407 e. The molecule has 4 amide bonds. The third-order valence-electron chi connectivity index (χ3n) is 7.60. The number of hydrogen-bond donors (Lipinski definition) is 4. The minimum atomic E-state index is -0.958. The highest BCUT2D eigenvalue weighted by Crippen LogP contribution is 2.28. The zero-order valence-corrected chi connectivity index (χ0v) is 31.0. The Morgan fingerprint density at radius 2 is 1.60 bits per heavy atom. The van der Waals surface area contributed by atoms with E-state index in [0.29, 0.717) is 26.4 Å². The maximum atomic E-state index is 13.8. The molecule has 3 unspecified atom stereocenters. The smallest absolute Gasteiger partial charge is 0.407 e. The highest BCUT2D eigenvalue weighted by atomic mass is 32.1. The Bertz CT molecular complexity index is 1400. The van der Waals surface area contributed by atoms with Gasteiger partial charge in [0.15, 0.2) is 0 Å². The fourth-order valence-electron chi connectivity index (χ4n) is 5.13. The Labute approximate surface area is 298 Å². The molecule has 50 heavy (non-hydrogen) atoms. The van der Waals surface area contributed by atoms with Crippen LogP contribution in [0.2, 0.25) is 0 Å². The average Bonchev–Trinajstić information content (AvgIpc) is 3.65. The van der Waals surface area contributed by atoms with Crippen LogP contribution in [0.1, 0.15) is 59.2 Å². The summed E-state index contributed by atoms with van der Waals surface area (Å²) in [5.74, 6) is -1.31. The molecule has 1 aromatic heterocycles. The predicted octanol–water partition coefficient (Wildman–Crippen LogP) is 2.80. The number of nitrogens with one attached hydrogen (secondary N) is 3. The Kier molecular flexibility index (Phi) is 15.6. The van der Waals surface area contributed by atoms with Crippen molar-refractivity contribution < 1.29 is 43.2 Å². The SMILES string of the molecule is Cc1ncsc1-c1ccc(CNC(=O)C2CC(O)CN2C(=O)C(NC(=O)COCCOCCOCCNC(=O)OC(C)(C)C)C(C)(C)C)cc1. The van der Waals surface area contributed by atoms with Gasteiger partial charge in [0, 0.05) is 26.1 Å². The van der Waals surface area contributed by atoms with Crippen molar-refractivity contribution in [3.63, 3.8) is 0 Å². The van der Waals surface area contributed by atoms with Crippen LogP contribution >= 0.6 is 11.3 Å². The molecule has 0 radical (unpaired) electrons. The highest BCUT2D eigenvalue weighted by Gasteiger charge is 2.44. The monoisotopic (exact) mass is 719 g/mol. The lowest BCUT2D eigenvalue weighted by Gasteiger charge is -2.35. The van der Waals surface area contributed by atoms with Crippen LogP contribution in [0.5, 0.6) is 0 Å². The number of aliphatic hydroxyl groups excluding tert-OH is 1. The molecule has 0 bridgehead atoms. The quantitative estimate of drug-likeness (QED) is 0.178. The Morgan fingerprint density at radius 1 is 0.960 bits per heavy atom. The number of carbonyl (C=O) groups excluding carboxylic acids is 4. The van der Waals surface area contributed by atoms with Crippen molar-refractivity contribution in [3.8, 4) is 10.4 Å². The van der Waals surface area contributed by atoms with Crippen LogP contribution in [0.15, 0.2) is 29.8 Å². The summed E-state index contributed by atoms with van der Waals surface area (Å²) in [5, 5.41) is 18.7. The summed E-state index contributed by atoms with van der Waals surface area (Å²) in [6, 6.07) is 6.01. The van der Waals surface area contributed by atoms with E-state index in [2.05, 4.69) is 20.9 Å². The summed E-state index contributed by atoms with van der Waals surface area (Å²) in [4.78, 5) is 58.2. The molecule has 278 valence electrons. The van der Waals surface area contributed by atoms with E-state index in [1.807, 2.05) is 57.5 Å². The molecule has 1 aliphatic heterocycles. The van der Waals surface area contributed by atoms with Gasteiger partial charge in [-0.2, -0.15) is 0 Å². The van der Waals surface area contributed by atoms with Crippen LogP contribution < -0.4 is 16.0 Å². The second-order valence-corrected chi connectivity index (χ2v) is 15.0. The van der Waals surface area contributed by atoms with Gasteiger partial charge < -0.3 is 44.9 Å². The first kappa shape index (κ1) is 40.8. The standard InChI is InChI=1S/C35H53N5O9S/c1-23-29(50-22-38-23)25-10-8-24(9-11-25)19-37-31(43)27-18-26(41)20-40(27)32(44)30(34(2,3)4)39-28(42)21-48-17-16-47-15-14-46-13-12-36-33(45)49-35(5,6)7/h8-11,22,26-27,30,41H,12-21H2,1-7H3,(H,36,45)(H,37,43)(H,39,42). The summed E-state index contributed by atoms with van der Waals surface area (Å²) in [6.45, 7) is 14.3. The van der Waals surface area contributed by atoms with Crippen LogP contribution in [0, 0.1) is 12.3 Å². The fourth-order valence-corrected chi connectivity index (χ4v) is 5.94. The average molecular weight is 720 g/mol. The third-order valence-corrected chi connectivity index (χ3v) is 8.58. The first-order valence-corrected chi connectivity index (χ1v) is 17.7. The summed E-state index contributed by atoms with van der Waals surface area (Å²) in [6.07, 6.45) is -1.27. The Hall–Kier alpha value is -3.63. The van der Waals surface area contributed by atoms with Crippen LogP contribution in [0.4, 0.5) is 4.79 Å². The first-order valence-electron chi connectivity index (χ1n) is 16.8. The number of thiazole rings is 1. The first-order chi connectivity index (χ1) is 23.5. The van der Waals surface area contributed by atoms with E-state index >= 15 is 0 Å². The van der Waals surface area contributed by atoms with Crippen molar-refractivity contribution in [2.45, 2.75) is 85.2 Å². The predicted molar refractivity (Wildman–Crippen MR) is 188 cm³/mol. The molecule has 1 saturated heterocycles. The number of aromatic nitrogens is 1. The van der Waals surface area contributed by atoms with Gasteiger partial charge in [0.05, 0.1) is 55.2 Å². The van der Waals surface area contributed by atoms with E-state index in [4.69, 9.17) is 18.9 Å². The summed E-state index contributed by atoms with van der Waals surface area (Å²) in [7, 11) is 0. The number of ether oxygens (including phenoxy) is 4. The van der Waals surface area contributed by atoms with Crippen LogP contribution in [-0.2, 0) is 39.9 Å². The summed E-state index contributed by atoms with van der Waals surface area (Å²) >= 11 is 1.57. The number of β-amino-alcohol motifs (C(OH)–C–C–N with tert-alkyl or cyclic N) is 1. The van der Waals surface area contributed by atoms with Crippen molar-refractivity contribution in [1.29, 1.82) is 0 Å². The van der Waals surface area contributed by atoms with Gasteiger partial charge in [-0.25, -0.2) is 9.78 Å². The number of hydrogen-bond acceptors (Lipinski definition) is 11. The normalized spacial score (nSPS) is 16.9. The molecule has 2 heterocycles. The number of nitrogens with zero attached hydrogens (tertiary/aromatic N) is 2. The van der Waals surface area contributed by atoms with E-state index in [9.17, 15) is 24.3 Å². The molecule has 0 saturated carbocycles. The third kappa shape index (κ3) is 13.6. The fraction of sp³-hybridized carbons (Fsp3) is 0.629. The highest BCUT2D eigenvalue weighted by molar-refractivity contribution is 7.13. The van der Waals surface area contributed by atoms with E-state index < -0.39 is 47.1 Å². The van der Waals surface area contributed by atoms with Crippen molar-refractivity contribution >= 4 is 35.2 Å². The molecule has 1 aliphatic rings. The van der Waals surface area contributed by atoms with Crippen LogP contribution in [0.25, 0.3) is 10.4 Å². The van der Waals surface area contributed by atoms with Gasteiger partial charge >= 0.3 is 6.09 Å². The van der Waals surface area contributed by atoms with E-state index in [-0.39, 0.29) is 45.2 Å². The second kappa shape index (κ2) is 19.1. The molecule has 1 aromatic carbocycles. The van der Waals surface area contributed by atoms with Crippen molar-refractivity contribution in [3.05, 3.63) is 41.0 Å². The number of carbonyl (C=O) groups is 4. The molecule has 2 aromatic rings. The number of likely N-dealkylation sites (tertiary alicyclic amines) is 1. The molecular weight excluding hydrogens is 666 g/mol. The van der Waals surface area contributed by atoms with Gasteiger partial charge in [0.25, 0.3) is 0 Å². The van der Waals surface area contributed by atoms with Crippen LogP contribution in [0.3, 0.4) is 0 Å². The van der Waals surface area contributed by atoms with Gasteiger partial charge in [-0.3, -0.25) is 14.4 Å². The topological polar surface area (TPSA) is 178 Å². The zero-order chi connectivity index (χ0) is 36.9. The van der Waals surface area contributed by atoms with E-state index in [1.165, 1.54) is 4.90 Å². The Balaban J connectivity index is 1.39. The zero-order valence-electron chi connectivity index (χ0n) is 30.2. The van der Waals surface area contributed by atoms with E-state index in [1.54, 1.807) is 32.1 Å². The molecule has 0 spiro atoms. The molecule has 3 atom stereocenters. The van der Waals surface area contributed by atoms with Crippen molar-refractivity contribution in [2.24, 2.45) is 5.41 Å². The van der Waals surface area contributed by atoms with Crippen molar-refractivity contribution in [2.75, 3.05) is 52.7 Å². The van der Waals surface area contributed by atoms with Gasteiger partial charge in [-0.05, 0) is 44.2 Å². The molecule has 1 fully saturated rings. The molecule has 15 heteroatoms. The number of aryl methyl sites for hydroxylation is 1. The van der Waals surface area contributed by atoms with Gasteiger partial charge in [-0.1, -0.05) is 45.0 Å². The van der Waals surface area contributed by atoms with Gasteiger partial charge in [-0.15, -0.1) is 11.3 Å². The number of alkyl carbamates (subject to hydrolysis) is 1. The minimum Gasteiger partial charge on any atom is -0.444 e. The van der Waals surface area contributed by atoms with Crippen LogP contribution in [-0.4, -0.2) is 115 Å². The number of aliphatic hydroxyl groups is 1. The molecule has 0 aliphatic carbocycles. The number of rotatable bonds is 17. The lowest BCUT2D eigenvalue weighted by molar-refractivity contribution is -0.144. The molecule has 14 nitrogen and oxygen atoms in total. The molecular formula is C35H53N5O9S. The van der Waals surface area contributed by atoms with Gasteiger partial charge in [0.1, 0.15) is 24.3 Å². The number of amides is 4. The summed E-state index contributed by atoms with van der Waals surface area (Å²) in [5.41, 5.74) is 3.46. The molecule has 4 N–H and O–H groups in total. The lowest BCUT2D eigenvalue weighted by atomic mass is 9.85. The minimum absolute atomic E-state index is 0.0138. The Morgan fingerprint density at radius 3 is 2.20 bits per heavy atom. The number of benzene rings is 1. The van der Waals surface area contributed by atoms with E-state index in [0.717, 1.165) is 21.7 Å².